The van der Waals surface area contributed by atoms with Crippen molar-refractivity contribution in [2.45, 2.75) is 40.2 Å². The van der Waals surface area contributed by atoms with Crippen molar-refractivity contribution in [3.05, 3.63) is 35.4 Å². The van der Waals surface area contributed by atoms with Gasteiger partial charge in [-0.15, -0.1) is 0 Å². The smallest absolute Gasteiger partial charge is 0.0718 e. The Morgan fingerprint density at radius 1 is 0.944 bits per heavy atom. The maximum absolute atomic E-state index is 5.49. The summed E-state index contributed by atoms with van der Waals surface area (Å²) in [5.74, 6) is 0. The molecular formula is C16H26O2. The molecule has 1 aromatic carbocycles. The normalized spacial score (nSPS) is 11.8. The second kappa shape index (κ2) is 7.55. The molecule has 1 aromatic rings. The second-order valence-corrected chi connectivity index (χ2v) is 5.92. The summed E-state index contributed by atoms with van der Waals surface area (Å²) >= 11 is 0. The molecule has 0 aromatic heterocycles. The summed E-state index contributed by atoms with van der Waals surface area (Å²) < 4.78 is 10.4. The van der Waals surface area contributed by atoms with E-state index in [0.29, 0.717) is 25.2 Å². The number of ether oxygens (including phenoxy) is 2. The summed E-state index contributed by atoms with van der Waals surface area (Å²) in [4.78, 5) is 0. The quantitative estimate of drug-likeness (QED) is 0.685. The Bertz CT molecular complexity index is 322. The van der Waals surface area contributed by atoms with Gasteiger partial charge in [0, 0.05) is 7.11 Å². The molecule has 0 spiro atoms. The van der Waals surface area contributed by atoms with Gasteiger partial charge in [0.15, 0.2) is 0 Å². The molecule has 0 atom stereocenters. The predicted molar refractivity (Wildman–Crippen MR) is 75.8 cm³/mol. The summed E-state index contributed by atoms with van der Waals surface area (Å²) in [5, 5.41) is 0. The average Bonchev–Trinajstić information content (AvgIpc) is 2.33. The van der Waals surface area contributed by atoms with Crippen LogP contribution in [0.2, 0.25) is 0 Å². The Labute approximate surface area is 111 Å². The summed E-state index contributed by atoms with van der Waals surface area (Å²) in [7, 11) is 1.69. The molecular weight excluding hydrogens is 224 g/mol. The van der Waals surface area contributed by atoms with E-state index in [-0.39, 0.29) is 0 Å². The molecule has 2 nitrogen and oxygen atoms in total. The van der Waals surface area contributed by atoms with Gasteiger partial charge in [-0.2, -0.15) is 0 Å². The van der Waals surface area contributed by atoms with Crippen LogP contribution in [0.1, 0.15) is 38.3 Å². The van der Waals surface area contributed by atoms with Gasteiger partial charge >= 0.3 is 0 Å². The monoisotopic (exact) mass is 250 g/mol. The van der Waals surface area contributed by atoms with Crippen LogP contribution in [0, 0.1) is 5.41 Å². The van der Waals surface area contributed by atoms with E-state index < -0.39 is 0 Å². The molecule has 0 saturated heterocycles. The Morgan fingerprint density at radius 3 is 2.11 bits per heavy atom. The molecule has 0 aliphatic rings. The summed E-state index contributed by atoms with van der Waals surface area (Å²) in [6.45, 7) is 8.83. The van der Waals surface area contributed by atoms with Crippen LogP contribution in [0.15, 0.2) is 24.3 Å². The highest BCUT2D eigenvalue weighted by molar-refractivity contribution is 5.22. The van der Waals surface area contributed by atoms with Crippen molar-refractivity contribution < 1.29 is 9.47 Å². The molecule has 0 heterocycles. The highest BCUT2D eigenvalue weighted by Gasteiger charge is 2.09. The van der Waals surface area contributed by atoms with Crippen LogP contribution in [0.3, 0.4) is 0 Å². The first kappa shape index (κ1) is 15.2. The van der Waals surface area contributed by atoms with Crippen LogP contribution in [-0.2, 0) is 22.5 Å². The number of methoxy groups -OCH3 is 1. The lowest BCUT2D eigenvalue weighted by Gasteiger charge is -2.17. The zero-order valence-electron chi connectivity index (χ0n) is 12.2. The fourth-order valence-corrected chi connectivity index (χ4v) is 1.65. The first-order chi connectivity index (χ1) is 8.51. The van der Waals surface area contributed by atoms with Crippen LogP contribution in [0.25, 0.3) is 0 Å². The second-order valence-electron chi connectivity index (χ2n) is 5.92. The maximum Gasteiger partial charge on any atom is 0.0718 e. The number of benzene rings is 1. The highest BCUT2D eigenvalue weighted by atomic mass is 16.5. The molecule has 0 radical (unpaired) electrons. The van der Waals surface area contributed by atoms with E-state index in [0.717, 1.165) is 6.42 Å². The standard InChI is InChI=1S/C16H26O2/c1-16(2,3)10-9-14-5-7-15(8-6-14)13-18-12-11-17-4/h5-8H,9-13H2,1-4H3. The topological polar surface area (TPSA) is 18.5 Å². The third-order valence-corrected chi connectivity index (χ3v) is 2.89. The van der Waals surface area contributed by atoms with E-state index in [1.165, 1.54) is 17.5 Å². The Balaban J connectivity index is 2.33. The van der Waals surface area contributed by atoms with Crippen LogP contribution < -0.4 is 0 Å². The highest BCUT2D eigenvalue weighted by Crippen LogP contribution is 2.21. The molecule has 18 heavy (non-hydrogen) atoms. The number of rotatable bonds is 7. The molecule has 0 amide bonds. The van der Waals surface area contributed by atoms with E-state index in [1.54, 1.807) is 7.11 Å². The first-order valence-electron chi connectivity index (χ1n) is 6.66. The van der Waals surface area contributed by atoms with Gasteiger partial charge in [-0.25, -0.2) is 0 Å². The van der Waals surface area contributed by atoms with Gasteiger partial charge in [0.05, 0.1) is 19.8 Å². The van der Waals surface area contributed by atoms with E-state index >= 15 is 0 Å². The summed E-state index contributed by atoms with van der Waals surface area (Å²) in [6, 6.07) is 8.73. The molecule has 1 rings (SSSR count). The van der Waals surface area contributed by atoms with Gasteiger partial charge in [0.25, 0.3) is 0 Å². The zero-order valence-corrected chi connectivity index (χ0v) is 12.2. The molecule has 0 fully saturated rings. The molecule has 2 heteroatoms. The average molecular weight is 250 g/mol. The van der Waals surface area contributed by atoms with Gasteiger partial charge in [0.1, 0.15) is 0 Å². The van der Waals surface area contributed by atoms with Crippen molar-refractivity contribution in [2.75, 3.05) is 20.3 Å². The zero-order chi connectivity index (χ0) is 13.4. The fourth-order valence-electron chi connectivity index (χ4n) is 1.65. The number of hydrogen-bond donors (Lipinski definition) is 0. The van der Waals surface area contributed by atoms with E-state index in [1.807, 2.05) is 0 Å². The van der Waals surface area contributed by atoms with Crippen molar-refractivity contribution in [3.63, 3.8) is 0 Å². The molecule has 102 valence electrons. The largest absolute Gasteiger partial charge is 0.382 e. The first-order valence-corrected chi connectivity index (χ1v) is 6.66. The van der Waals surface area contributed by atoms with E-state index in [2.05, 4.69) is 45.0 Å². The Morgan fingerprint density at radius 2 is 1.56 bits per heavy atom. The lowest BCUT2D eigenvalue weighted by molar-refractivity contribution is 0.0616. The maximum atomic E-state index is 5.49. The third kappa shape index (κ3) is 6.77. The lowest BCUT2D eigenvalue weighted by atomic mass is 9.88. The van der Waals surface area contributed by atoms with Crippen molar-refractivity contribution in [1.82, 2.24) is 0 Å². The minimum atomic E-state index is 0.405. The summed E-state index contributed by atoms with van der Waals surface area (Å²) in [6.07, 6.45) is 2.37. The van der Waals surface area contributed by atoms with Crippen LogP contribution in [0.4, 0.5) is 0 Å². The van der Waals surface area contributed by atoms with Gasteiger partial charge in [-0.05, 0) is 29.4 Å². The van der Waals surface area contributed by atoms with Crippen molar-refractivity contribution in [2.24, 2.45) is 5.41 Å². The van der Waals surface area contributed by atoms with Crippen LogP contribution in [-0.4, -0.2) is 20.3 Å². The van der Waals surface area contributed by atoms with Crippen LogP contribution >= 0.6 is 0 Å². The van der Waals surface area contributed by atoms with E-state index in [9.17, 15) is 0 Å². The molecule has 0 N–H and O–H groups in total. The van der Waals surface area contributed by atoms with Gasteiger partial charge in [0.2, 0.25) is 0 Å². The predicted octanol–water partition coefficient (Wildman–Crippen LogP) is 3.83. The van der Waals surface area contributed by atoms with Crippen molar-refractivity contribution in [1.29, 1.82) is 0 Å². The van der Waals surface area contributed by atoms with Crippen LogP contribution in [0.5, 0.6) is 0 Å². The molecule has 0 aliphatic carbocycles. The van der Waals surface area contributed by atoms with Crippen molar-refractivity contribution >= 4 is 0 Å². The van der Waals surface area contributed by atoms with E-state index in [4.69, 9.17) is 9.47 Å². The Hall–Kier alpha value is -0.860. The minimum Gasteiger partial charge on any atom is -0.382 e. The molecule has 0 bridgehead atoms. The molecule has 0 unspecified atom stereocenters. The fraction of sp³-hybridized carbons (Fsp3) is 0.625. The number of aryl methyl sites for hydroxylation is 1. The molecule has 0 saturated carbocycles. The summed E-state index contributed by atoms with van der Waals surface area (Å²) in [5.41, 5.74) is 3.04. The SMILES string of the molecule is COCCOCc1ccc(CCC(C)(C)C)cc1. The number of hydrogen-bond acceptors (Lipinski definition) is 2. The minimum absolute atomic E-state index is 0.405. The van der Waals surface area contributed by atoms with Gasteiger partial charge < -0.3 is 9.47 Å². The van der Waals surface area contributed by atoms with Gasteiger partial charge in [-0.3, -0.25) is 0 Å². The van der Waals surface area contributed by atoms with Gasteiger partial charge in [-0.1, -0.05) is 45.0 Å². The third-order valence-electron chi connectivity index (χ3n) is 2.89. The Kier molecular flexibility index (Phi) is 6.37. The van der Waals surface area contributed by atoms with Crippen molar-refractivity contribution in [3.8, 4) is 0 Å². The molecule has 0 aliphatic heterocycles. The lowest BCUT2D eigenvalue weighted by Crippen LogP contribution is -2.06.